The van der Waals surface area contributed by atoms with Gasteiger partial charge in [0.05, 0.1) is 18.8 Å². The predicted molar refractivity (Wildman–Crippen MR) is 74.5 cm³/mol. The van der Waals surface area contributed by atoms with E-state index < -0.39 is 5.97 Å². The Hall–Kier alpha value is -1.95. The third-order valence-electron chi connectivity index (χ3n) is 2.14. The molecule has 1 N–H and O–H groups in total. The third-order valence-corrected chi connectivity index (χ3v) is 3.19. The molecule has 6 heteroatoms. The van der Waals surface area contributed by atoms with Gasteiger partial charge in [0.2, 0.25) is 5.91 Å². The molecule has 0 aliphatic rings. The lowest BCUT2D eigenvalue weighted by molar-refractivity contribution is -0.134. The van der Waals surface area contributed by atoms with Crippen LogP contribution in [0.25, 0.3) is 6.08 Å². The average Bonchev–Trinajstić information content (AvgIpc) is 2.82. The van der Waals surface area contributed by atoms with E-state index in [1.54, 1.807) is 18.2 Å². The van der Waals surface area contributed by atoms with Crippen molar-refractivity contribution in [1.29, 1.82) is 0 Å². The normalized spacial score (nSPS) is 12.8. The Bertz CT molecular complexity index is 506. The molecule has 0 aromatic carbocycles. The number of allylic oxidation sites excluding steroid dienone is 2. The summed E-state index contributed by atoms with van der Waals surface area (Å²) in [5.74, 6) is -0.483. The van der Waals surface area contributed by atoms with Crippen molar-refractivity contribution in [3.05, 3.63) is 34.3 Å². The van der Waals surface area contributed by atoms with E-state index in [4.69, 9.17) is 0 Å². The van der Waals surface area contributed by atoms with Gasteiger partial charge in [-0.3, -0.25) is 4.79 Å². The number of rotatable bonds is 5. The summed E-state index contributed by atoms with van der Waals surface area (Å²) in [7, 11) is 1.33. The van der Waals surface area contributed by atoms with Gasteiger partial charge in [0.1, 0.15) is 5.01 Å². The number of methoxy groups -OCH3 is 1. The monoisotopic (exact) mass is 280 g/mol. The Morgan fingerprint density at radius 1 is 1.47 bits per heavy atom. The summed E-state index contributed by atoms with van der Waals surface area (Å²) < 4.78 is 4.46. The minimum atomic E-state index is -0.400. The summed E-state index contributed by atoms with van der Waals surface area (Å²) in [5, 5.41) is 5.50. The van der Waals surface area contributed by atoms with Crippen LogP contribution in [0.5, 0.6) is 0 Å². The smallest absolute Gasteiger partial charge is 0.330 e. The van der Waals surface area contributed by atoms with Crippen LogP contribution < -0.4 is 5.32 Å². The van der Waals surface area contributed by atoms with Crippen molar-refractivity contribution in [2.75, 3.05) is 7.11 Å². The van der Waals surface area contributed by atoms with Gasteiger partial charge in [-0.1, -0.05) is 12.2 Å². The highest BCUT2D eigenvalue weighted by atomic mass is 32.1. The van der Waals surface area contributed by atoms with Crippen LogP contribution >= 0.6 is 11.3 Å². The molecule has 0 aliphatic carbocycles. The number of nitrogens with zero attached hydrogens (tertiary/aromatic N) is 1. The topological polar surface area (TPSA) is 68.3 Å². The van der Waals surface area contributed by atoms with Gasteiger partial charge in [0.25, 0.3) is 0 Å². The molecule has 0 saturated carbocycles. The molecule has 0 bridgehead atoms. The lowest BCUT2D eigenvalue weighted by atomic mass is 10.3. The Kier molecular flexibility index (Phi) is 5.95. The molecule has 1 aromatic heterocycles. The van der Waals surface area contributed by atoms with E-state index >= 15 is 0 Å². The van der Waals surface area contributed by atoms with Crippen LogP contribution in [0.3, 0.4) is 0 Å². The number of thiazole rings is 1. The van der Waals surface area contributed by atoms with Gasteiger partial charge in [-0.2, -0.15) is 0 Å². The molecule has 0 saturated heterocycles. The van der Waals surface area contributed by atoms with Crippen molar-refractivity contribution in [3.8, 4) is 0 Å². The van der Waals surface area contributed by atoms with Crippen LogP contribution in [-0.2, 0) is 14.3 Å². The van der Waals surface area contributed by atoms with Crippen molar-refractivity contribution < 1.29 is 14.3 Å². The fourth-order valence-electron chi connectivity index (χ4n) is 1.30. The van der Waals surface area contributed by atoms with Crippen molar-refractivity contribution in [3.63, 3.8) is 0 Å². The minimum absolute atomic E-state index is 0.0826. The van der Waals surface area contributed by atoms with E-state index in [2.05, 4.69) is 15.0 Å². The fourth-order valence-corrected chi connectivity index (χ4v) is 2.09. The first-order valence-corrected chi connectivity index (χ1v) is 6.56. The van der Waals surface area contributed by atoms with Gasteiger partial charge in [0.15, 0.2) is 0 Å². The highest BCUT2D eigenvalue weighted by Crippen LogP contribution is 2.18. The number of hydrogen-bond donors (Lipinski definition) is 1. The minimum Gasteiger partial charge on any atom is -0.466 e. The third kappa shape index (κ3) is 5.48. The summed E-state index contributed by atoms with van der Waals surface area (Å²) in [6.07, 6.45) is 6.39. The van der Waals surface area contributed by atoms with E-state index in [1.807, 2.05) is 12.3 Å². The van der Waals surface area contributed by atoms with Crippen molar-refractivity contribution in [2.45, 2.75) is 19.9 Å². The first-order chi connectivity index (χ1) is 9.02. The van der Waals surface area contributed by atoms with E-state index in [-0.39, 0.29) is 11.9 Å². The number of nitrogens with one attached hydrogen (secondary N) is 1. The molecule has 1 rings (SSSR count). The Labute approximate surface area is 116 Å². The van der Waals surface area contributed by atoms with E-state index in [0.29, 0.717) is 0 Å². The largest absolute Gasteiger partial charge is 0.466 e. The molecule has 0 aliphatic heterocycles. The zero-order chi connectivity index (χ0) is 14.3. The van der Waals surface area contributed by atoms with Crippen molar-refractivity contribution >= 4 is 29.3 Å². The van der Waals surface area contributed by atoms with Gasteiger partial charge in [0, 0.05) is 18.4 Å². The van der Waals surface area contributed by atoms with Crippen molar-refractivity contribution in [1.82, 2.24) is 10.3 Å². The number of amides is 1. The maximum Gasteiger partial charge on any atom is 0.330 e. The van der Waals surface area contributed by atoms with Gasteiger partial charge < -0.3 is 10.1 Å². The molecule has 0 radical (unpaired) electrons. The van der Waals surface area contributed by atoms with Gasteiger partial charge in [-0.05, 0) is 13.0 Å². The summed E-state index contributed by atoms with van der Waals surface area (Å²) in [5.41, 5.74) is 0.784. The molecule has 5 nitrogen and oxygen atoms in total. The predicted octanol–water partition coefficient (Wildman–Crippen LogP) is 2.08. The molecule has 1 atom stereocenters. The van der Waals surface area contributed by atoms with Crippen LogP contribution in [0.1, 0.15) is 30.6 Å². The Balaban J connectivity index is 2.60. The number of carbonyl (C=O) groups is 2. The molecule has 1 heterocycles. The lowest BCUT2D eigenvalue weighted by Gasteiger charge is -2.07. The number of hydrogen-bond acceptors (Lipinski definition) is 5. The zero-order valence-electron chi connectivity index (χ0n) is 11.0. The molecule has 0 spiro atoms. The summed E-state index contributed by atoms with van der Waals surface area (Å²) in [4.78, 5) is 26.1. The van der Waals surface area contributed by atoms with Crippen molar-refractivity contribution in [2.24, 2.45) is 0 Å². The molecule has 0 fully saturated rings. The van der Waals surface area contributed by atoms with Crippen LogP contribution in [-0.4, -0.2) is 24.0 Å². The SMILES string of the molecule is COC(=O)/C=C/C=C/c1csc([C@@H](C)NC(C)=O)n1. The van der Waals surface area contributed by atoms with Gasteiger partial charge >= 0.3 is 5.97 Å². The quantitative estimate of drug-likeness (QED) is 0.509. The van der Waals surface area contributed by atoms with Crippen LogP contribution in [0, 0.1) is 0 Å². The molecule has 1 aromatic rings. The van der Waals surface area contributed by atoms with Crippen LogP contribution in [0.15, 0.2) is 23.6 Å². The maximum absolute atomic E-state index is 10.9. The number of ether oxygens (including phenoxy) is 1. The molecule has 19 heavy (non-hydrogen) atoms. The Morgan fingerprint density at radius 3 is 2.84 bits per heavy atom. The molecular weight excluding hydrogens is 264 g/mol. The second kappa shape index (κ2) is 7.48. The second-order valence-electron chi connectivity index (χ2n) is 3.77. The molecular formula is C13H16N2O3S. The average molecular weight is 280 g/mol. The number of aromatic nitrogens is 1. The highest BCUT2D eigenvalue weighted by molar-refractivity contribution is 7.09. The maximum atomic E-state index is 10.9. The summed E-state index contributed by atoms with van der Waals surface area (Å²) >= 11 is 1.48. The lowest BCUT2D eigenvalue weighted by Crippen LogP contribution is -2.23. The molecule has 102 valence electrons. The molecule has 1 amide bonds. The standard InChI is InChI=1S/C13H16N2O3S/c1-9(14-10(2)16)13-15-11(8-19-13)6-4-5-7-12(17)18-3/h4-9H,1-3H3,(H,14,16)/b6-4+,7-5+/t9-/m1/s1. The number of carbonyl (C=O) groups excluding carboxylic acids is 2. The fraction of sp³-hybridized carbons (Fsp3) is 0.308. The summed E-state index contributed by atoms with van der Waals surface area (Å²) in [6, 6.07) is -0.102. The first kappa shape index (κ1) is 15.1. The number of esters is 1. The highest BCUT2D eigenvalue weighted by Gasteiger charge is 2.09. The van der Waals surface area contributed by atoms with E-state index in [1.165, 1.54) is 31.4 Å². The summed E-state index contributed by atoms with van der Waals surface area (Å²) in [6.45, 7) is 3.35. The van der Waals surface area contributed by atoms with E-state index in [0.717, 1.165) is 10.7 Å². The second-order valence-corrected chi connectivity index (χ2v) is 4.66. The Morgan fingerprint density at radius 2 is 2.21 bits per heavy atom. The van der Waals surface area contributed by atoms with E-state index in [9.17, 15) is 9.59 Å². The molecule has 0 unspecified atom stereocenters. The van der Waals surface area contributed by atoms with Crippen LogP contribution in [0.2, 0.25) is 0 Å². The first-order valence-electron chi connectivity index (χ1n) is 5.68. The van der Waals surface area contributed by atoms with Gasteiger partial charge in [-0.25, -0.2) is 9.78 Å². The van der Waals surface area contributed by atoms with Crippen LogP contribution in [0.4, 0.5) is 0 Å². The van der Waals surface area contributed by atoms with Gasteiger partial charge in [-0.15, -0.1) is 11.3 Å². The zero-order valence-corrected chi connectivity index (χ0v) is 11.9.